The number of aromatic hydroxyl groups is 1. The average Bonchev–Trinajstić information content (AvgIpc) is 3.26. The molecule has 2 heterocycles. The van der Waals surface area contributed by atoms with Gasteiger partial charge in [-0.3, -0.25) is 18.9 Å². The van der Waals surface area contributed by atoms with Gasteiger partial charge in [0.05, 0.1) is 62.7 Å². The maximum atomic E-state index is 14.7. The number of aryl methyl sites for hydroxylation is 3. The van der Waals surface area contributed by atoms with Gasteiger partial charge < -0.3 is 25.6 Å². The summed E-state index contributed by atoms with van der Waals surface area (Å²) < 4.78 is 46.6. The highest BCUT2D eigenvalue weighted by Gasteiger charge is 2.34. The minimum absolute atomic E-state index is 0.0156. The fourth-order valence-corrected chi connectivity index (χ4v) is 8.95. The van der Waals surface area contributed by atoms with Crippen molar-refractivity contribution >= 4 is 91.3 Å². The third-order valence-corrected chi connectivity index (χ3v) is 12.2. The van der Waals surface area contributed by atoms with E-state index in [1.165, 1.54) is 35.9 Å². The molecule has 0 spiro atoms. The lowest BCUT2D eigenvalue weighted by Crippen LogP contribution is -2.29. The van der Waals surface area contributed by atoms with Crippen molar-refractivity contribution in [2.45, 2.75) is 28.5 Å². The van der Waals surface area contributed by atoms with Crippen LogP contribution in [0.25, 0.3) is 22.0 Å². The molecule has 1 aliphatic rings. The maximum absolute atomic E-state index is 14.7. The first-order chi connectivity index (χ1) is 30.7. The van der Waals surface area contributed by atoms with Crippen molar-refractivity contribution in [2.75, 3.05) is 16.0 Å². The Morgan fingerprint density at radius 1 is 0.734 bits per heavy atom. The van der Waals surface area contributed by atoms with Gasteiger partial charge in [-0.05, 0) is 66.9 Å². The van der Waals surface area contributed by atoms with Crippen LogP contribution in [-0.2, 0) is 35.9 Å². The van der Waals surface area contributed by atoms with Crippen molar-refractivity contribution in [1.29, 1.82) is 0 Å². The van der Waals surface area contributed by atoms with E-state index in [9.17, 15) is 32.5 Å². The molecule has 5 aromatic carbocycles. The summed E-state index contributed by atoms with van der Waals surface area (Å²) in [5, 5.41) is 44.8. The molecule has 326 valence electrons. The number of rotatable bonds is 15. The minimum Gasteiger partial charge on any atom is -0.479 e. The van der Waals surface area contributed by atoms with Gasteiger partial charge in [0.25, 0.3) is 15.7 Å². The van der Waals surface area contributed by atoms with Gasteiger partial charge in [0.1, 0.15) is 4.90 Å². The van der Waals surface area contributed by atoms with E-state index in [0.29, 0.717) is 40.2 Å². The number of ketones is 2. The van der Waals surface area contributed by atoms with Gasteiger partial charge in [0, 0.05) is 39.7 Å². The lowest BCUT2D eigenvalue weighted by Gasteiger charge is -2.26. The molecule has 0 aliphatic heterocycles. The predicted molar refractivity (Wildman–Crippen MR) is 233 cm³/mol. The third-order valence-electron chi connectivity index (χ3n) is 10.1. The van der Waals surface area contributed by atoms with Crippen molar-refractivity contribution in [1.82, 2.24) is 19.5 Å². The van der Waals surface area contributed by atoms with Crippen LogP contribution in [-0.4, -0.2) is 59.7 Å². The van der Waals surface area contributed by atoms with Crippen LogP contribution in [0.5, 0.6) is 6.01 Å². The highest BCUT2D eigenvalue weighted by Crippen LogP contribution is 2.46. The van der Waals surface area contributed by atoms with E-state index >= 15 is 0 Å². The quantitative estimate of drug-likeness (QED) is 0.0169. The molecule has 7 aromatic rings. The van der Waals surface area contributed by atoms with E-state index in [4.69, 9.17) is 10.5 Å². The van der Waals surface area contributed by atoms with Crippen LogP contribution in [0, 0.1) is 13.8 Å². The molecule has 1 aliphatic carbocycles. The number of hydrogen-bond acceptors (Lipinski definition) is 20. The molecule has 0 radical (unpaired) electrons. The van der Waals surface area contributed by atoms with Crippen LogP contribution in [0.2, 0.25) is 0 Å². The molecule has 20 nitrogen and oxygen atoms in total. The zero-order valence-corrected chi connectivity index (χ0v) is 35.6. The van der Waals surface area contributed by atoms with E-state index in [-0.39, 0.29) is 72.6 Å². The smallest absolute Gasteiger partial charge is 0.320 e. The number of benzene rings is 5. The topological polar surface area (TPSA) is 283 Å². The molecule has 0 amide bonds. The van der Waals surface area contributed by atoms with Gasteiger partial charge >= 0.3 is 6.01 Å². The molecule has 8 rings (SSSR count). The molecular weight excluding hydrogens is 895 g/mol. The van der Waals surface area contributed by atoms with Crippen LogP contribution in [0.3, 0.4) is 0 Å². The molecule has 0 unspecified atom stereocenters. The fourth-order valence-electron chi connectivity index (χ4n) is 7.33. The van der Waals surface area contributed by atoms with E-state index in [1.54, 1.807) is 42.5 Å². The number of nitrogens with zero attached hydrogens (tertiary/aromatic N) is 4. The Morgan fingerprint density at radius 3 is 2.11 bits per heavy atom. The van der Waals surface area contributed by atoms with Crippen LogP contribution >= 0.6 is 24.1 Å². The summed E-state index contributed by atoms with van der Waals surface area (Å²) in [7, 11) is -3.61. The maximum Gasteiger partial charge on any atom is 0.320 e. The van der Waals surface area contributed by atoms with Crippen LogP contribution in [0.4, 0.5) is 34.6 Å². The van der Waals surface area contributed by atoms with Gasteiger partial charge in [-0.15, -0.1) is 8.67 Å². The third kappa shape index (κ3) is 8.38. The Kier molecular flexibility index (Phi) is 12.2. The zero-order chi connectivity index (χ0) is 45.4. The van der Waals surface area contributed by atoms with E-state index in [2.05, 4.69) is 49.6 Å². The van der Waals surface area contributed by atoms with Crippen molar-refractivity contribution in [3.8, 4) is 17.1 Å². The predicted octanol–water partition coefficient (Wildman–Crippen LogP) is 7.82. The lowest BCUT2D eigenvalue weighted by molar-refractivity contribution is -0.432. The monoisotopic (exact) mass is 925 g/mol. The van der Waals surface area contributed by atoms with Crippen molar-refractivity contribution in [3.05, 3.63) is 135 Å². The van der Waals surface area contributed by atoms with Crippen molar-refractivity contribution < 1.29 is 56.9 Å². The fraction of sp³-hybridized carbons (Fsp3) is 0.0732. The molecule has 7 N–H and O–H groups in total. The standard InChI is InChI=1S/C41H31N7O13S3/c1-19-8-6-9-20(2)35(19)44-40-45-39(46-41(52)47-40)43-27-17-26(29(63-61-59-54)18-30(27)64(55,56)57)42-25-14-15-28-33-31(23-12-4-5-13-24(23)37(50)32(25)33)34(38(51)48(28)3)36(49)21-10-7-11-22(16-21)62-60-58-53/h4-18,42,53-54H,1-3H3,(H,55,56,57)(H3,43,44,45,46,47,52). The molecule has 0 fully saturated rings. The van der Waals surface area contributed by atoms with Gasteiger partial charge in [-0.2, -0.15) is 23.4 Å². The van der Waals surface area contributed by atoms with Gasteiger partial charge in [-0.1, -0.05) is 64.7 Å². The summed E-state index contributed by atoms with van der Waals surface area (Å²) >= 11 is 0.937. The highest BCUT2D eigenvalue weighted by molar-refractivity contribution is 7.95. The Bertz CT molecular complexity index is 3220. The zero-order valence-electron chi connectivity index (χ0n) is 33.1. The number of carbonyl (C=O) groups excluding carboxylic acids is 2. The Labute approximate surface area is 369 Å². The molecule has 0 saturated heterocycles. The second-order valence-electron chi connectivity index (χ2n) is 13.9. The first kappa shape index (κ1) is 43.9. The van der Waals surface area contributed by atoms with Gasteiger partial charge in [0.15, 0.2) is 11.6 Å². The number of para-hydroxylation sites is 1. The van der Waals surface area contributed by atoms with Gasteiger partial charge in [0.2, 0.25) is 11.9 Å². The van der Waals surface area contributed by atoms with Crippen LogP contribution in [0.1, 0.15) is 43.0 Å². The summed E-state index contributed by atoms with van der Waals surface area (Å²) in [4.78, 5) is 55.0. The van der Waals surface area contributed by atoms with E-state index in [1.807, 2.05) is 32.0 Å². The van der Waals surface area contributed by atoms with Crippen molar-refractivity contribution in [2.24, 2.45) is 7.05 Å². The second kappa shape index (κ2) is 17.8. The number of pyridine rings is 1. The lowest BCUT2D eigenvalue weighted by atomic mass is 9.80. The summed E-state index contributed by atoms with van der Waals surface area (Å²) in [6.45, 7) is 3.69. The first-order valence-electron chi connectivity index (χ1n) is 18.4. The summed E-state index contributed by atoms with van der Waals surface area (Å²) in [5.41, 5.74) is 2.14. The minimum atomic E-state index is -5.06. The molecule has 23 heteroatoms. The van der Waals surface area contributed by atoms with E-state index in [0.717, 1.165) is 17.2 Å². The number of fused-ring (bicyclic) bond motifs is 2. The van der Waals surface area contributed by atoms with Crippen LogP contribution in [0.15, 0.2) is 110 Å². The summed E-state index contributed by atoms with van der Waals surface area (Å²) in [5.74, 6) is -1.67. The molecule has 0 bridgehead atoms. The highest BCUT2D eigenvalue weighted by atomic mass is 32.2. The summed E-state index contributed by atoms with van der Waals surface area (Å²) in [6, 6.07) is 22.5. The normalized spacial score (nSPS) is 12.0. The molecule has 0 atom stereocenters. The van der Waals surface area contributed by atoms with E-state index < -0.39 is 38.1 Å². The number of aromatic nitrogens is 4. The molecule has 2 aromatic heterocycles. The van der Waals surface area contributed by atoms with Gasteiger partial charge in [-0.25, -0.2) is 10.5 Å². The Morgan fingerprint density at radius 2 is 1.41 bits per heavy atom. The Hall–Kier alpha value is -6.77. The summed E-state index contributed by atoms with van der Waals surface area (Å²) in [6.07, 6.45) is 0. The molecule has 0 saturated carbocycles. The largest absolute Gasteiger partial charge is 0.479 e. The average molecular weight is 926 g/mol. The molecular formula is C41H31N7O13S3. The number of nitrogens with one attached hydrogen (secondary N) is 3. The number of carbonyl (C=O) groups is 2. The number of hydrogen-bond donors (Lipinski definition) is 7. The molecule has 64 heavy (non-hydrogen) atoms. The van der Waals surface area contributed by atoms with Crippen molar-refractivity contribution in [3.63, 3.8) is 0 Å². The Balaban J connectivity index is 1.30. The first-order valence-corrected chi connectivity index (χ1v) is 21.4. The van der Waals surface area contributed by atoms with Crippen LogP contribution < -0.4 is 21.5 Å². The second-order valence-corrected chi connectivity index (χ2v) is 16.8. The SMILES string of the molecule is Cc1cccc(C)c1Nc1nc(O)nc(Nc2cc(Nc3ccc4c5c3C(=O)c3ccccc3-c5c(C(=O)c3cccc(SOOO)c3)c(=O)n4C)c(SOOO)cc2S(=O)(=O)O)n1. The number of anilines is 6.